The fourth-order valence-corrected chi connectivity index (χ4v) is 3.28. The molecule has 0 aromatic heterocycles. The van der Waals surface area contributed by atoms with Crippen LogP contribution in [0.15, 0.2) is 0 Å². The molecule has 1 amide bonds. The molecular weight excluding hydrogens is 188 g/mol. The van der Waals surface area contributed by atoms with E-state index < -0.39 is 0 Å². The van der Waals surface area contributed by atoms with Crippen LogP contribution >= 0.6 is 0 Å². The fourth-order valence-electron chi connectivity index (χ4n) is 3.28. The van der Waals surface area contributed by atoms with Gasteiger partial charge in [-0.2, -0.15) is 0 Å². The highest BCUT2D eigenvalue weighted by Gasteiger charge is 2.35. The molecule has 1 aliphatic heterocycles. The van der Waals surface area contributed by atoms with Gasteiger partial charge in [0.15, 0.2) is 0 Å². The molecule has 0 aromatic carbocycles. The second-order valence-corrected chi connectivity index (χ2v) is 4.98. The molecule has 2 aliphatic rings. The molecule has 0 spiro atoms. The summed E-state index contributed by atoms with van der Waals surface area (Å²) in [6.07, 6.45) is 7.39. The maximum atomic E-state index is 11.8. The first-order valence-corrected chi connectivity index (χ1v) is 6.30. The summed E-state index contributed by atoms with van der Waals surface area (Å²) in [4.78, 5) is 11.8. The van der Waals surface area contributed by atoms with Crippen molar-refractivity contribution in [1.82, 2.24) is 5.32 Å². The molecule has 2 rings (SSSR count). The highest BCUT2D eigenvalue weighted by atomic mass is 16.1. The lowest BCUT2D eigenvalue weighted by Gasteiger charge is -2.32. The van der Waals surface area contributed by atoms with Gasteiger partial charge < -0.3 is 11.1 Å². The molecule has 0 aromatic rings. The van der Waals surface area contributed by atoms with E-state index in [2.05, 4.69) is 5.32 Å². The van der Waals surface area contributed by atoms with Crippen LogP contribution in [0.25, 0.3) is 0 Å². The SMILES string of the molecule is NCC(C1CCCC1)C1CCCNC1=O. The Balaban J connectivity index is 2.00. The minimum Gasteiger partial charge on any atom is -0.356 e. The van der Waals surface area contributed by atoms with E-state index in [0.29, 0.717) is 18.4 Å². The van der Waals surface area contributed by atoms with Crippen LogP contribution in [0, 0.1) is 17.8 Å². The minimum atomic E-state index is 0.201. The maximum Gasteiger partial charge on any atom is 0.223 e. The zero-order valence-corrected chi connectivity index (χ0v) is 9.37. The predicted molar refractivity (Wildman–Crippen MR) is 60.2 cm³/mol. The molecule has 1 aliphatic carbocycles. The molecular formula is C12H22N2O. The first kappa shape index (κ1) is 10.9. The second-order valence-electron chi connectivity index (χ2n) is 4.98. The summed E-state index contributed by atoms with van der Waals surface area (Å²) in [5, 5.41) is 2.98. The van der Waals surface area contributed by atoms with Crippen molar-refractivity contribution >= 4 is 5.91 Å². The highest BCUT2D eigenvalue weighted by Crippen LogP contribution is 2.37. The van der Waals surface area contributed by atoms with E-state index in [4.69, 9.17) is 5.73 Å². The van der Waals surface area contributed by atoms with Crippen molar-refractivity contribution in [2.45, 2.75) is 38.5 Å². The van der Waals surface area contributed by atoms with Crippen LogP contribution < -0.4 is 11.1 Å². The van der Waals surface area contributed by atoms with E-state index in [1.54, 1.807) is 0 Å². The second kappa shape index (κ2) is 4.97. The van der Waals surface area contributed by atoms with Gasteiger partial charge in [-0.25, -0.2) is 0 Å². The molecule has 1 saturated carbocycles. The quantitative estimate of drug-likeness (QED) is 0.737. The first-order valence-electron chi connectivity index (χ1n) is 6.30. The third-order valence-corrected chi connectivity index (χ3v) is 4.12. The molecule has 86 valence electrons. The zero-order valence-electron chi connectivity index (χ0n) is 9.37. The number of piperidine rings is 1. The molecule has 3 nitrogen and oxygen atoms in total. The average Bonchev–Trinajstić information content (AvgIpc) is 2.75. The Morgan fingerprint density at radius 2 is 2.00 bits per heavy atom. The van der Waals surface area contributed by atoms with Gasteiger partial charge in [0.25, 0.3) is 0 Å². The Morgan fingerprint density at radius 3 is 2.60 bits per heavy atom. The molecule has 3 heteroatoms. The van der Waals surface area contributed by atoms with Gasteiger partial charge in [-0.1, -0.05) is 25.7 Å². The molecule has 15 heavy (non-hydrogen) atoms. The van der Waals surface area contributed by atoms with Gasteiger partial charge in [-0.15, -0.1) is 0 Å². The molecule has 2 atom stereocenters. The van der Waals surface area contributed by atoms with Crippen molar-refractivity contribution in [2.75, 3.05) is 13.1 Å². The molecule has 1 saturated heterocycles. The molecule has 0 radical (unpaired) electrons. The van der Waals surface area contributed by atoms with Crippen LogP contribution in [0.4, 0.5) is 0 Å². The van der Waals surface area contributed by atoms with Crippen LogP contribution in [0.1, 0.15) is 38.5 Å². The zero-order chi connectivity index (χ0) is 10.7. The van der Waals surface area contributed by atoms with Crippen LogP contribution in [-0.4, -0.2) is 19.0 Å². The van der Waals surface area contributed by atoms with Crippen LogP contribution in [0.3, 0.4) is 0 Å². The summed E-state index contributed by atoms with van der Waals surface area (Å²) in [6, 6.07) is 0. The Kier molecular flexibility index (Phi) is 3.62. The maximum absolute atomic E-state index is 11.8. The van der Waals surface area contributed by atoms with Gasteiger partial charge in [0.05, 0.1) is 0 Å². The summed E-state index contributed by atoms with van der Waals surface area (Å²) in [5.74, 6) is 1.60. The average molecular weight is 210 g/mol. The molecule has 0 bridgehead atoms. The van der Waals surface area contributed by atoms with E-state index in [1.807, 2.05) is 0 Å². The summed E-state index contributed by atoms with van der Waals surface area (Å²) in [5.41, 5.74) is 5.87. The number of amides is 1. The van der Waals surface area contributed by atoms with Crippen molar-refractivity contribution in [3.05, 3.63) is 0 Å². The van der Waals surface area contributed by atoms with Gasteiger partial charge in [-0.3, -0.25) is 4.79 Å². The molecule has 3 N–H and O–H groups in total. The summed E-state index contributed by atoms with van der Waals surface area (Å²) < 4.78 is 0. The summed E-state index contributed by atoms with van der Waals surface area (Å²) in [6.45, 7) is 1.54. The van der Waals surface area contributed by atoms with Crippen LogP contribution in [0.2, 0.25) is 0 Å². The van der Waals surface area contributed by atoms with E-state index in [9.17, 15) is 4.79 Å². The van der Waals surface area contributed by atoms with Crippen molar-refractivity contribution in [3.63, 3.8) is 0 Å². The normalized spacial score (nSPS) is 30.2. The van der Waals surface area contributed by atoms with E-state index >= 15 is 0 Å². The highest BCUT2D eigenvalue weighted by molar-refractivity contribution is 5.79. The third-order valence-electron chi connectivity index (χ3n) is 4.12. The summed E-state index contributed by atoms with van der Waals surface area (Å²) in [7, 11) is 0. The van der Waals surface area contributed by atoms with Gasteiger partial charge in [0.2, 0.25) is 5.91 Å². The Morgan fingerprint density at radius 1 is 1.27 bits per heavy atom. The van der Waals surface area contributed by atoms with Gasteiger partial charge in [-0.05, 0) is 31.2 Å². The molecule has 2 unspecified atom stereocenters. The molecule has 1 heterocycles. The number of hydrogen-bond acceptors (Lipinski definition) is 2. The van der Waals surface area contributed by atoms with E-state index in [1.165, 1.54) is 25.7 Å². The Hall–Kier alpha value is -0.570. The topological polar surface area (TPSA) is 55.1 Å². The smallest absolute Gasteiger partial charge is 0.223 e. The van der Waals surface area contributed by atoms with Crippen molar-refractivity contribution < 1.29 is 4.79 Å². The summed E-state index contributed by atoms with van der Waals surface area (Å²) >= 11 is 0. The lowest BCUT2D eigenvalue weighted by molar-refractivity contribution is -0.129. The largest absolute Gasteiger partial charge is 0.356 e. The van der Waals surface area contributed by atoms with E-state index in [-0.39, 0.29) is 11.8 Å². The Bertz CT molecular complexity index is 224. The Labute approximate surface area is 91.8 Å². The number of hydrogen-bond donors (Lipinski definition) is 2. The first-order chi connectivity index (χ1) is 7.33. The number of nitrogens with two attached hydrogens (primary N) is 1. The standard InChI is InChI=1S/C12H22N2O/c13-8-11(9-4-1-2-5-9)10-6-3-7-14-12(10)15/h9-11H,1-8,13H2,(H,14,15). The monoisotopic (exact) mass is 210 g/mol. The van der Waals surface area contributed by atoms with Crippen LogP contribution in [0.5, 0.6) is 0 Å². The third kappa shape index (κ3) is 2.33. The fraction of sp³-hybridized carbons (Fsp3) is 0.917. The number of rotatable bonds is 3. The van der Waals surface area contributed by atoms with Crippen molar-refractivity contribution in [1.29, 1.82) is 0 Å². The number of nitrogens with one attached hydrogen (secondary N) is 1. The van der Waals surface area contributed by atoms with Gasteiger partial charge >= 0.3 is 0 Å². The predicted octanol–water partition coefficient (Wildman–Crippen LogP) is 1.28. The van der Waals surface area contributed by atoms with E-state index in [0.717, 1.165) is 19.4 Å². The number of carbonyl (C=O) groups excluding carboxylic acids is 1. The number of carbonyl (C=O) groups is 1. The van der Waals surface area contributed by atoms with Gasteiger partial charge in [0.1, 0.15) is 0 Å². The minimum absolute atomic E-state index is 0.201. The van der Waals surface area contributed by atoms with Crippen molar-refractivity contribution in [3.8, 4) is 0 Å². The lowest BCUT2D eigenvalue weighted by Crippen LogP contribution is -2.44. The van der Waals surface area contributed by atoms with Crippen LogP contribution in [-0.2, 0) is 4.79 Å². The lowest BCUT2D eigenvalue weighted by atomic mass is 9.77. The van der Waals surface area contributed by atoms with Crippen molar-refractivity contribution in [2.24, 2.45) is 23.5 Å². The molecule has 2 fully saturated rings. The van der Waals surface area contributed by atoms with Gasteiger partial charge in [0, 0.05) is 12.5 Å².